The van der Waals surface area contributed by atoms with Gasteiger partial charge in [-0.2, -0.15) is 0 Å². The van der Waals surface area contributed by atoms with E-state index in [1.165, 1.54) is 12.1 Å². The molecular weight excluding hydrogens is 179 g/mol. The molecule has 1 fully saturated rings. The Kier molecular flexibility index (Phi) is 1.91. The van der Waals surface area contributed by atoms with Crippen LogP contribution in [0.15, 0.2) is 18.2 Å². The van der Waals surface area contributed by atoms with Gasteiger partial charge in [-0.05, 0) is 23.6 Å². The highest BCUT2D eigenvalue weighted by molar-refractivity contribution is 5.68. The molecule has 0 atom stereocenters. The number of benzene rings is 1. The van der Waals surface area contributed by atoms with Crippen LogP contribution in [-0.2, 0) is 0 Å². The Morgan fingerprint density at radius 3 is 2.50 bits per heavy atom. The molecule has 0 aliphatic carbocycles. The summed E-state index contributed by atoms with van der Waals surface area (Å²) in [5, 5.41) is 0. The SMILES string of the molecule is CC1(C)CN(c2ccc(F)cc2N)C1. The van der Waals surface area contributed by atoms with Gasteiger partial charge in [-0.1, -0.05) is 13.8 Å². The van der Waals surface area contributed by atoms with E-state index in [0.717, 1.165) is 18.8 Å². The average molecular weight is 194 g/mol. The molecule has 1 aromatic rings. The highest BCUT2D eigenvalue weighted by atomic mass is 19.1. The van der Waals surface area contributed by atoms with E-state index in [4.69, 9.17) is 5.73 Å². The van der Waals surface area contributed by atoms with E-state index < -0.39 is 0 Å². The number of halogens is 1. The van der Waals surface area contributed by atoms with E-state index in [0.29, 0.717) is 11.1 Å². The fraction of sp³-hybridized carbons (Fsp3) is 0.455. The zero-order valence-electron chi connectivity index (χ0n) is 8.55. The van der Waals surface area contributed by atoms with E-state index in [9.17, 15) is 4.39 Å². The van der Waals surface area contributed by atoms with Gasteiger partial charge in [0.25, 0.3) is 0 Å². The third-order valence-corrected chi connectivity index (χ3v) is 2.57. The molecule has 2 N–H and O–H groups in total. The van der Waals surface area contributed by atoms with Crippen LogP contribution in [0.5, 0.6) is 0 Å². The Morgan fingerprint density at radius 2 is 2.00 bits per heavy atom. The predicted octanol–water partition coefficient (Wildman–Crippen LogP) is 2.25. The minimum atomic E-state index is -0.272. The van der Waals surface area contributed by atoms with Crippen LogP contribution in [-0.4, -0.2) is 13.1 Å². The van der Waals surface area contributed by atoms with Gasteiger partial charge in [0.15, 0.2) is 0 Å². The van der Waals surface area contributed by atoms with Crippen LogP contribution in [0.4, 0.5) is 15.8 Å². The van der Waals surface area contributed by atoms with Crippen LogP contribution < -0.4 is 10.6 Å². The van der Waals surface area contributed by atoms with E-state index >= 15 is 0 Å². The summed E-state index contributed by atoms with van der Waals surface area (Å²) in [5.41, 5.74) is 7.58. The smallest absolute Gasteiger partial charge is 0.125 e. The zero-order valence-corrected chi connectivity index (χ0v) is 8.55. The number of hydrogen-bond acceptors (Lipinski definition) is 2. The average Bonchev–Trinajstić information content (AvgIpc) is 2.00. The maximum absolute atomic E-state index is 12.8. The summed E-state index contributed by atoms with van der Waals surface area (Å²) in [7, 11) is 0. The zero-order chi connectivity index (χ0) is 10.3. The van der Waals surface area contributed by atoms with Crippen molar-refractivity contribution in [1.82, 2.24) is 0 Å². The lowest BCUT2D eigenvalue weighted by atomic mass is 9.84. The monoisotopic (exact) mass is 194 g/mol. The van der Waals surface area contributed by atoms with Crippen LogP contribution in [0.25, 0.3) is 0 Å². The Balaban J connectivity index is 2.19. The second-order valence-corrected chi connectivity index (χ2v) is 4.72. The first-order valence-electron chi connectivity index (χ1n) is 4.78. The second kappa shape index (κ2) is 2.87. The van der Waals surface area contributed by atoms with Crippen molar-refractivity contribution in [3.63, 3.8) is 0 Å². The summed E-state index contributed by atoms with van der Waals surface area (Å²) in [5.74, 6) is -0.272. The van der Waals surface area contributed by atoms with E-state index in [-0.39, 0.29) is 5.82 Å². The van der Waals surface area contributed by atoms with Crippen LogP contribution >= 0.6 is 0 Å². The lowest BCUT2D eigenvalue weighted by molar-refractivity contribution is 0.277. The lowest BCUT2D eigenvalue weighted by Gasteiger charge is -2.47. The Bertz CT molecular complexity index is 352. The first kappa shape index (κ1) is 9.31. The Hall–Kier alpha value is -1.25. The van der Waals surface area contributed by atoms with E-state index in [1.807, 2.05) is 0 Å². The maximum atomic E-state index is 12.8. The second-order valence-electron chi connectivity index (χ2n) is 4.72. The van der Waals surface area contributed by atoms with E-state index in [2.05, 4.69) is 18.7 Å². The molecular formula is C11H15FN2. The van der Waals surface area contributed by atoms with Gasteiger partial charge in [0, 0.05) is 13.1 Å². The molecule has 0 amide bonds. The van der Waals surface area contributed by atoms with Gasteiger partial charge in [-0.25, -0.2) is 4.39 Å². The molecule has 2 nitrogen and oxygen atoms in total. The summed E-state index contributed by atoms with van der Waals surface area (Å²) < 4.78 is 12.8. The molecule has 0 saturated carbocycles. The summed E-state index contributed by atoms with van der Waals surface area (Å²) in [6, 6.07) is 4.58. The highest BCUT2D eigenvalue weighted by Crippen LogP contribution is 2.36. The van der Waals surface area contributed by atoms with Gasteiger partial charge in [0.2, 0.25) is 0 Å². The van der Waals surface area contributed by atoms with Gasteiger partial charge in [0.1, 0.15) is 5.82 Å². The fourth-order valence-corrected chi connectivity index (χ4v) is 1.97. The lowest BCUT2D eigenvalue weighted by Crippen LogP contribution is -2.53. The fourth-order valence-electron chi connectivity index (χ4n) is 1.97. The number of hydrogen-bond donors (Lipinski definition) is 1. The Labute approximate surface area is 83.5 Å². The summed E-state index contributed by atoms with van der Waals surface area (Å²) in [6.07, 6.45) is 0. The summed E-state index contributed by atoms with van der Waals surface area (Å²) >= 11 is 0. The third kappa shape index (κ3) is 1.54. The first-order valence-corrected chi connectivity index (χ1v) is 4.78. The first-order chi connectivity index (χ1) is 6.48. The number of nitrogen functional groups attached to an aromatic ring is 1. The van der Waals surface area contributed by atoms with Crippen LogP contribution in [0, 0.1) is 11.2 Å². The molecule has 0 bridgehead atoms. The minimum absolute atomic E-state index is 0.272. The Morgan fingerprint density at radius 1 is 1.36 bits per heavy atom. The third-order valence-electron chi connectivity index (χ3n) is 2.57. The van der Waals surface area contributed by atoms with Crippen molar-refractivity contribution in [2.75, 3.05) is 23.7 Å². The normalized spacial score (nSPS) is 19.2. The molecule has 0 unspecified atom stereocenters. The van der Waals surface area contributed by atoms with Gasteiger partial charge in [-0.15, -0.1) is 0 Å². The van der Waals surface area contributed by atoms with Crippen molar-refractivity contribution in [2.45, 2.75) is 13.8 Å². The molecule has 76 valence electrons. The molecule has 1 aliphatic heterocycles. The van der Waals surface area contributed by atoms with Crippen LogP contribution in [0.3, 0.4) is 0 Å². The van der Waals surface area contributed by atoms with Crippen molar-refractivity contribution in [3.05, 3.63) is 24.0 Å². The van der Waals surface area contributed by atoms with Gasteiger partial charge in [-0.3, -0.25) is 0 Å². The molecule has 0 aromatic heterocycles. The summed E-state index contributed by atoms with van der Waals surface area (Å²) in [4.78, 5) is 2.18. The van der Waals surface area contributed by atoms with Crippen LogP contribution in [0.1, 0.15) is 13.8 Å². The number of nitrogens with two attached hydrogens (primary N) is 1. The van der Waals surface area contributed by atoms with Crippen molar-refractivity contribution in [1.29, 1.82) is 0 Å². The van der Waals surface area contributed by atoms with Crippen molar-refractivity contribution >= 4 is 11.4 Å². The van der Waals surface area contributed by atoms with Crippen molar-refractivity contribution < 1.29 is 4.39 Å². The molecule has 0 spiro atoms. The summed E-state index contributed by atoms with van der Waals surface area (Å²) in [6.45, 7) is 6.40. The highest BCUT2D eigenvalue weighted by Gasteiger charge is 2.34. The van der Waals surface area contributed by atoms with Crippen molar-refractivity contribution in [3.8, 4) is 0 Å². The quantitative estimate of drug-likeness (QED) is 0.695. The molecule has 1 heterocycles. The van der Waals surface area contributed by atoms with Crippen molar-refractivity contribution in [2.24, 2.45) is 5.41 Å². The number of nitrogens with zero attached hydrogens (tertiary/aromatic N) is 1. The van der Waals surface area contributed by atoms with Crippen LogP contribution in [0.2, 0.25) is 0 Å². The molecule has 0 radical (unpaired) electrons. The standard InChI is InChI=1S/C11H15FN2/c1-11(2)6-14(7-11)10-4-3-8(12)5-9(10)13/h3-5H,6-7,13H2,1-2H3. The molecule has 1 aromatic carbocycles. The topological polar surface area (TPSA) is 29.3 Å². The predicted molar refractivity (Wildman–Crippen MR) is 56.8 cm³/mol. The largest absolute Gasteiger partial charge is 0.397 e. The number of anilines is 2. The maximum Gasteiger partial charge on any atom is 0.125 e. The van der Waals surface area contributed by atoms with Gasteiger partial charge < -0.3 is 10.6 Å². The van der Waals surface area contributed by atoms with Gasteiger partial charge in [0.05, 0.1) is 11.4 Å². The van der Waals surface area contributed by atoms with Gasteiger partial charge >= 0.3 is 0 Å². The molecule has 1 saturated heterocycles. The molecule has 3 heteroatoms. The molecule has 14 heavy (non-hydrogen) atoms. The molecule has 1 aliphatic rings. The number of rotatable bonds is 1. The molecule has 2 rings (SSSR count). The minimum Gasteiger partial charge on any atom is -0.397 e. The van der Waals surface area contributed by atoms with E-state index in [1.54, 1.807) is 6.07 Å².